The highest BCUT2D eigenvalue weighted by Gasteiger charge is 2.25. The fourth-order valence-electron chi connectivity index (χ4n) is 0.922. The summed E-state index contributed by atoms with van der Waals surface area (Å²) in [5.41, 5.74) is -0.539. The zero-order chi connectivity index (χ0) is 11.6. The van der Waals surface area contributed by atoms with E-state index in [2.05, 4.69) is 0 Å². The second kappa shape index (κ2) is 4.30. The van der Waals surface area contributed by atoms with Gasteiger partial charge in [-0.1, -0.05) is 20.8 Å². The number of ether oxygens (including phenoxy) is 1. The van der Waals surface area contributed by atoms with E-state index in [9.17, 15) is 4.79 Å². The smallest absolute Gasteiger partial charge is 0.229 e. The van der Waals surface area contributed by atoms with Crippen molar-refractivity contribution in [2.45, 2.75) is 47.1 Å². The van der Waals surface area contributed by atoms with Crippen LogP contribution < -0.4 is 0 Å². The molecule has 0 saturated carbocycles. The zero-order valence-electron chi connectivity index (χ0n) is 10.5. The van der Waals surface area contributed by atoms with E-state index in [4.69, 9.17) is 4.74 Å². The number of carbonyl (C=O) groups is 1. The van der Waals surface area contributed by atoms with Crippen molar-refractivity contribution in [3.05, 3.63) is 0 Å². The predicted octanol–water partition coefficient (Wildman–Crippen LogP) is 2.26. The third-order valence-corrected chi connectivity index (χ3v) is 1.68. The van der Waals surface area contributed by atoms with Crippen molar-refractivity contribution < 1.29 is 9.53 Å². The molecule has 0 N–H and O–H groups in total. The molecule has 0 aromatic rings. The summed E-state index contributed by atoms with van der Waals surface area (Å²) in [7, 11) is 1.76. The maximum atomic E-state index is 11.7. The third kappa shape index (κ3) is 5.22. The van der Waals surface area contributed by atoms with Crippen LogP contribution in [-0.2, 0) is 9.53 Å². The van der Waals surface area contributed by atoms with Crippen molar-refractivity contribution in [1.29, 1.82) is 0 Å². The van der Waals surface area contributed by atoms with Gasteiger partial charge in [0, 0.05) is 12.5 Å². The standard InChI is InChI=1S/C11H23NO2/c1-10(2,3)9(13)12(7)8-14-11(4,5)6/h8H2,1-7H3. The van der Waals surface area contributed by atoms with Crippen LogP contribution >= 0.6 is 0 Å². The van der Waals surface area contributed by atoms with Crippen LogP contribution in [0.1, 0.15) is 41.5 Å². The minimum absolute atomic E-state index is 0.0988. The molecule has 0 aromatic heterocycles. The summed E-state index contributed by atoms with van der Waals surface area (Å²) in [6.07, 6.45) is 0. The normalized spacial score (nSPS) is 12.8. The molecule has 0 aliphatic rings. The molecule has 0 fully saturated rings. The van der Waals surface area contributed by atoms with Gasteiger partial charge in [0.05, 0.1) is 5.60 Å². The third-order valence-electron chi connectivity index (χ3n) is 1.68. The van der Waals surface area contributed by atoms with E-state index in [0.717, 1.165) is 0 Å². The SMILES string of the molecule is CN(COC(C)(C)C)C(=O)C(C)(C)C. The van der Waals surface area contributed by atoms with E-state index in [0.29, 0.717) is 6.73 Å². The number of rotatable bonds is 2. The topological polar surface area (TPSA) is 29.5 Å². The largest absolute Gasteiger partial charge is 0.355 e. The Labute approximate surface area is 87.4 Å². The number of carbonyl (C=O) groups excluding carboxylic acids is 1. The summed E-state index contributed by atoms with van der Waals surface area (Å²) in [6, 6.07) is 0. The van der Waals surface area contributed by atoms with Gasteiger partial charge in [-0.3, -0.25) is 4.79 Å². The molecular weight excluding hydrogens is 178 g/mol. The highest BCUT2D eigenvalue weighted by molar-refractivity contribution is 5.81. The van der Waals surface area contributed by atoms with Gasteiger partial charge in [0.15, 0.2) is 0 Å². The Morgan fingerprint density at radius 2 is 1.57 bits per heavy atom. The van der Waals surface area contributed by atoms with Gasteiger partial charge in [-0.2, -0.15) is 0 Å². The van der Waals surface area contributed by atoms with Crippen molar-refractivity contribution >= 4 is 5.91 Å². The molecule has 14 heavy (non-hydrogen) atoms. The van der Waals surface area contributed by atoms with Crippen LogP contribution in [0.25, 0.3) is 0 Å². The molecule has 0 heterocycles. The van der Waals surface area contributed by atoms with E-state index in [-0.39, 0.29) is 16.9 Å². The minimum atomic E-state index is -0.337. The van der Waals surface area contributed by atoms with E-state index in [1.165, 1.54) is 0 Å². The summed E-state index contributed by atoms with van der Waals surface area (Å²) in [6.45, 7) is 12.0. The van der Waals surface area contributed by atoms with Crippen LogP contribution in [-0.4, -0.2) is 30.2 Å². The zero-order valence-corrected chi connectivity index (χ0v) is 10.5. The molecular formula is C11H23NO2. The molecule has 0 atom stereocenters. The molecule has 3 heteroatoms. The summed E-state index contributed by atoms with van der Waals surface area (Å²) >= 11 is 0. The van der Waals surface area contributed by atoms with Crippen LogP contribution in [0.2, 0.25) is 0 Å². The number of nitrogens with zero attached hydrogens (tertiary/aromatic N) is 1. The van der Waals surface area contributed by atoms with Crippen LogP contribution in [0.5, 0.6) is 0 Å². The van der Waals surface area contributed by atoms with Crippen molar-refractivity contribution in [3.63, 3.8) is 0 Å². The first-order valence-electron chi connectivity index (χ1n) is 4.93. The van der Waals surface area contributed by atoms with Gasteiger partial charge in [-0.05, 0) is 20.8 Å². The fourth-order valence-corrected chi connectivity index (χ4v) is 0.922. The summed E-state index contributed by atoms with van der Waals surface area (Å²) < 4.78 is 5.51. The van der Waals surface area contributed by atoms with Gasteiger partial charge in [-0.15, -0.1) is 0 Å². The van der Waals surface area contributed by atoms with Gasteiger partial charge in [0.1, 0.15) is 6.73 Å². The fraction of sp³-hybridized carbons (Fsp3) is 0.909. The Morgan fingerprint density at radius 1 is 1.14 bits per heavy atom. The summed E-state index contributed by atoms with van der Waals surface area (Å²) in [5.74, 6) is 0.0988. The lowest BCUT2D eigenvalue weighted by atomic mass is 9.95. The highest BCUT2D eigenvalue weighted by Crippen LogP contribution is 2.17. The molecule has 0 aliphatic carbocycles. The quantitative estimate of drug-likeness (QED) is 0.641. The molecule has 0 radical (unpaired) electrons. The van der Waals surface area contributed by atoms with Gasteiger partial charge in [0.2, 0.25) is 5.91 Å². The van der Waals surface area contributed by atoms with E-state index < -0.39 is 0 Å². The molecule has 3 nitrogen and oxygen atoms in total. The van der Waals surface area contributed by atoms with Gasteiger partial charge < -0.3 is 9.64 Å². The average molecular weight is 201 g/mol. The van der Waals surface area contributed by atoms with E-state index >= 15 is 0 Å². The molecule has 0 aliphatic heterocycles. The highest BCUT2D eigenvalue weighted by atomic mass is 16.5. The Balaban J connectivity index is 4.11. The number of hydrogen-bond donors (Lipinski definition) is 0. The van der Waals surface area contributed by atoms with Crippen LogP contribution in [0, 0.1) is 5.41 Å². The first-order valence-corrected chi connectivity index (χ1v) is 4.93. The number of hydrogen-bond acceptors (Lipinski definition) is 2. The van der Waals surface area contributed by atoms with Crippen molar-refractivity contribution in [2.24, 2.45) is 5.41 Å². The lowest BCUT2D eigenvalue weighted by molar-refractivity contribution is -0.147. The molecule has 0 bridgehead atoms. The number of amides is 1. The van der Waals surface area contributed by atoms with Gasteiger partial charge >= 0.3 is 0 Å². The monoisotopic (exact) mass is 201 g/mol. The molecule has 0 aromatic carbocycles. The maximum absolute atomic E-state index is 11.7. The Hall–Kier alpha value is -0.570. The van der Waals surface area contributed by atoms with Crippen molar-refractivity contribution in [1.82, 2.24) is 4.90 Å². The summed E-state index contributed by atoms with van der Waals surface area (Å²) in [4.78, 5) is 13.3. The Bertz CT molecular complexity index is 198. The molecule has 84 valence electrons. The summed E-state index contributed by atoms with van der Waals surface area (Å²) in [5, 5.41) is 0. The van der Waals surface area contributed by atoms with Crippen LogP contribution in [0.3, 0.4) is 0 Å². The first kappa shape index (κ1) is 13.4. The van der Waals surface area contributed by atoms with Gasteiger partial charge in [0.25, 0.3) is 0 Å². The average Bonchev–Trinajstić information content (AvgIpc) is 1.95. The van der Waals surface area contributed by atoms with Gasteiger partial charge in [-0.25, -0.2) is 0 Å². The first-order chi connectivity index (χ1) is 6.04. The second-order valence-corrected chi connectivity index (χ2v) is 5.64. The van der Waals surface area contributed by atoms with E-state index in [1.54, 1.807) is 11.9 Å². The van der Waals surface area contributed by atoms with Crippen LogP contribution in [0.4, 0.5) is 0 Å². The Kier molecular flexibility index (Phi) is 4.13. The molecule has 0 rings (SSSR count). The molecule has 0 unspecified atom stereocenters. The van der Waals surface area contributed by atoms with E-state index in [1.807, 2.05) is 41.5 Å². The van der Waals surface area contributed by atoms with Crippen LogP contribution in [0.15, 0.2) is 0 Å². The lowest BCUT2D eigenvalue weighted by Crippen LogP contribution is -2.40. The predicted molar refractivity (Wildman–Crippen MR) is 57.9 cm³/mol. The van der Waals surface area contributed by atoms with Crippen molar-refractivity contribution in [3.8, 4) is 0 Å². The van der Waals surface area contributed by atoms with Crippen molar-refractivity contribution in [2.75, 3.05) is 13.8 Å². The Morgan fingerprint density at radius 3 is 1.86 bits per heavy atom. The second-order valence-electron chi connectivity index (χ2n) is 5.64. The molecule has 1 amide bonds. The molecule has 0 saturated heterocycles. The maximum Gasteiger partial charge on any atom is 0.229 e. The molecule has 0 spiro atoms. The minimum Gasteiger partial charge on any atom is -0.355 e. The lowest BCUT2D eigenvalue weighted by Gasteiger charge is -2.29.